The summed E-state index contributed by atoms with van der Waals surface area (Å²) in [5.41, 5.74) is 0.536. The average molecular weight is 256 g/mol. The number of aromatic carboxylic acids is 1. The monoisotopic (exact) mass is 256 g/mol. The molecule has 0 amide bonds. The number of hydrogen-bond acceptors (Lipinski definition) is 3. The van der Waals surface area contributed by atoms with E-state index in [1.54, 1.807) is 6.07 Å². The summed E-state index contributed by atoms with van der Waals surface area (Å²) in [4.78, 5) is 10.8. The van der Waals surface area contributed by atoms with E-state index in [4.69, 9.17) is 9.52 Å². The maximum atomic E-state index is 11.9. The van der Waals surface area contributed by atoms with Gasteiger partial charge in [-0.15, -0.1) is 0 Å². The number of hydrogen-bond donors (Lipinski definition) is 1. The highest BCUT2D eigenvalue weighted by Crippen LogP contribution is 2.26. The van der Waals surface area contributed by atoms with Crippen LogP contribution in [0.4, 0.5) is 0 Å². The Morgan fingerprint density at radius 1 is 1.47 bits per heavy atom. The van der Waals surface area contributed by atoms with E-state index in [-0.39, 0.29) is 11.5 Å². The molecule has 5 heteroatoms. The Bertz CT molecular complexity index is 418. The van der Waals surface area contributed by atoms with Crippen molar-refractivity contribution in [2.24, 2.45) is 5.92 Å². The smallest absolute Gasteiger partial charge is 0.372 e. The first-order chi connectivity index (χ1) is 8.16. The molecule has 0 aromatic carbocycles. The third kappa shape index (κ3) is 3.19. The third-order valence-corrected chi connectivity index (χ3v) is 4.63. The predicted octanol–water partition coefficient (Wildman–Crippen LogP) is 2.42. The molecular formula is C12H16O4S. The van der Waals surface area contributed by atoms with Crippen molar-refractivity contribution in [2.75, 3.05) is 5.75 Å². The molecule has 1 fully saturated rings. The first kappa shape index (κ1) is 12.4. The summed E-state index contributed by atoms with van der Waals surface area (Å²) in [5.74, 6) is 0.349. The van der Waals surface area contributed by atoms with Gasteiger partial charge < -0.3 is 9.52 Å². The van der Waals surface area contributed by atoms with Gasteiger partial charge in [0.15, 0.2) is 0 Å². The van der Waals surface area contributed by atoms with Crippen LogP contribution in [0.2, 0.25) is 0 Å². The van der Waals surface area contributed by atoms with Gasteiger partial charge in [-0.3, -0.25) is 4.21 Å². The molecule has 17 heavy (non-hydrogen) atoms. The Balaban J connectivity index is 1.93. The van der Waals surface area contributed by atoms with Crippen LogP contribution in [0.3, 0.4) is 0 Å². The zero-order valence-corrected chi connectivity index (χ0v) is 10.4. The van der Waals surface area contributed by atoms with E-state index in [1.807, 2.05) is 0 Å². The van der Waals surface area contributed by atoms with E-state index >= 15 is 0 Å². The second-order valence-corrected chi connectivity index (χ2v) is 5.98. The Kier molecular flexibility index (Phi) is 3.99. The van der Waals surface area contributed by atoms with E-state index in [9.17, 15) is 9.00 Å². The Labute approximate surface area is 102 Å². The zero-order valence-electron chi connectivity index (χ0n) is 9.55. The van der Waals surface area contributed by atoms with Crippen LogP contribution in [-0.4, -0.2) is 21.0 Å². The number of carboxylic acids is 1. The molecule has 2 rings (SSSR count). The lowest BCUT2D eigenvalue weighted by atomic mass is 10.1. The second-order valence-electron chi connectivity index (χ2n) is 4.48. The van der Waals surface area contributed by atoms with E-state index in [0.29, 0.717) is 17.2 Å². The summed E-state index contributed by atoms with van der Waals surface area (Å²) in [5, 5.41) is 8.86. The molecule has 0 radical (unpaired) electrons. The lowest BCUT2D eigenvalue weighted by Gasteiger charge is -2.07. The minimum atomic E-state index is -1.09. The summed E-state index contributed by atoms with van der Waals surface area (Å²) in [6.07, 6.45) is 6.11. The molecule has 0 bridgehead atoms. The number of carbonyl (C=O) groups is 1. The first-order valence-corrected chi connectivity index (χ1v) is 7.30. The van der Waals surface area contributed by atoms with Gasteiger partial charge in [0.05, 0.1) is 12.0 Å². The molecule has 1 heterocycles. The van der Waals surface area contributed by atoms with Crippen LogP contribution in [0.1, 0.15) is 41.8 Å². The summed E-state index contributed by atoms with van der Waals surface area (Å²) in [7, 11) is -0.989. The highest BCUT2D eigenvalue weighted by molar-refractivity contribution is 7.84. The Morgan fingerprint density at radius 3 is 2.82 bits per heavy atom. The molecule has 1 N–H and O–H groups in total. The Hall–Kier alpha value is -1.10. The van der Waals surface area contributed by atoms with Crippen molar-refractivity contribution in [2.45, 2.75) is 31.4 Å². The van der Waals surface area contributed by atoms with Crippen LogP contribution in [0.25, 0.3) is 0 Å². The molecule has 1 atom stereocenters. The van der Waals surface area contributed by atoms with E-state index in [2.05, 4.69) is 0 Å². The molecule has 1 saturated carbocycles. The molecule has 1 aliphatic carbocycles. The minimum absolute atomic E-state index is 0.0789. The van der Waals surface area contributed by atoms with E-state index in [0.717, 1.165) is 12.8 Å². The van der Waals surface area contributed by atoms with Crippen LogP contribution in [0.5, 0.6) is 0 Å². The molecule has 1 aromatic rings. The number of rotatable bonds is 5. The lowest BCUT2D eigenvalue weighted by molar-refractivity contribution is 0.0661. The number of carboxylic acid groups (broad SMARTS) is 1. The van der Waals surface area contributed by atoms with Gasteiger partial charge in [0.25, 0.3) is 0 Å². The van der Waals surface area contributed by atoms with Crippen LogP contribution >= 0.6 is 0 Å². The lowest BCUT2D eigenvalue weighted by Crippen LogP contribution is -2.10. The molecule has 1 aromatic heterocycles. The standard InChI is InChI=1S/C12H16O4S/c13-12(14)11-10(5-6-16-11)8-17(15)7-9-3-1-2-4-9/h5-6,9H,1-4,7-8H2,(H,13,14). The van der Waals surface area contributed by atoms with E-state index in [1.165, 1.54) is 19.1 Å². The van der Waals surface area contributed by atoms with Crippen molar-refractivity contribution in [1.82, 2.24) is 0 Å². The molecule has 94 valence electrons. The molecule has 1 unspecified atom stereocenters. The molecule has 0 saturated heterocycles. The van der Waals surface area contributed by atoms with Gasteiger partial charge in [0, 0.05) is 22.1 Å². The summed E-state index contributed by atoms with van der Waals surface area (Å²) in [6, 6.07) is 1.59. The summed E-state index contributed by atoms with van der Waals surface area (Å²) in [6.45, 7) is 0. The minimum Gasteiger partial charge on any atom is -0.475 e. The number of furan rings is 1. The molecular weight excluding hydrogens is 240 g/mol. The first-order valence-electron chi connectivity index (χ1n) is 5.81. The van der Waals surface area contributed by atoms with Crippen molar-refractivity contribution in [3.63, 3.8) is 0 Å². The normalized spacial score (nSPS) is 18.4. The third-order valence-electron chi connectivity index (χ3n) is 3.15. The second kappa shape index (κ2) is 5.49. The highest BCUT2D eigenvalue weighted by atomic mass is 32.2. The quantitative estimate of drug-likeness (QED) is 0.878. The van der Waals surface area contributed by atoms with Crippen LogP contribution in [0.15, 0.2) is 16.7 Å². The van der Waals surface area contributed by atoms with Gasteiger partial charge in [0.2, 0.25) is 5.76 Å². The maximum Gasteiger partial charge on any atom is 0.372 e. The van der Waals surface area contributed by atoms with Crippen molar-refractivity contribution in [1.29, 1.82) is 0 Å². The van der Waals surface area contributed by atoms with Gasteiger partial charge in [-0.2, -0.15) is 0 Å². The molecule has 0 spiro atoms. The fourth-order valence-corrected chi connectivity index (χ4v) is 3.86. The summed E-state index contributed by atoms with van der Waals surface area (Å²) < 4.78 is 16.8. The van der Waals surface area contributed by atoms with Crippen LogP contribution in [-0.2, 0) is 16.6 Å². The van der Waals surface area contributed by atoms with E-state index < -0.39 is 16.8 Å². The van der Waals surface area contributed by atoms with Crippen LogP contribution in [0, 0.1) is 5.92 Å². The van der Waals surface area contributed by atoms with Crippen LogP contribution < -0.4 is 0 Å². The van der Waals surface area contributed by atoms with Crippen molar-refractivity contribution in [3.05, 3.63) is 23.7 Å². The zero-order chi connectivity index (χ0) is 12.3. The SMILES string of the molecule is O=C(O)c1occc1CS(=O)CC1CCCC1. The maximum absolute atomic E-state index is 11.9. The van der Waals surface area contributed by atoms with Gasteiger partial charge in [-0.05, 0) is 24.8 Å². The Morgan fingerprint density at radius 2 is 2.18 bits per heavy atom. The molecule has 4 nitrogen and oxygen atoms in total. The molecule has 1 aliphatic rings. The topological polar surface area (TPSA) is 67.5 Å². The van der Waals surface area contributed by atoms with Crippen molar-refractivity contribution >= 4 is 16.8 Å². The fourth-order valence-electron chi connectivity index (χ4n) is 2.31. The predicted molar refractivity (Wildman–Crippen MR) is 64.3 cm³/mol. The van der Waals surface area contributed by atoms with Gasteiger partial charge in [0.1, 0.15) is 0 Å². The summed E-state index contributed by atoms with van der Waals surface area (Å²) >= 11 is 0. The fraction of sp³-hybridized carbons (Fsp3) is 0.583. The highest BCUT2D eigenvalue weighted by Gasteiger charge is 2.20. The average Bonchev–Trinajstić information content (AvgIpc) is 2.88. The van der Waals surface area contributed by atoms with Gasteiger partial charge in [-0.1, -0.05) is 12.8 Å². The van der Waals surface area contributed by atoms with Crippen molar-refractivity contribution in [3.8, 4) is 0 Å². The largest absolute Gasteiger partial charge is 0.475 e. The van der Waals surface area contributed by atoms with Gasteiger partial charge in [-0.25, -0.2) is 4.79 Å². The molecule has 0 aliphatic heterocycles. The van der Waals surface area contributed by atoms with Gasteiger partial charge >= 0.3 is 5.97 Å². The van der Waals surface area contributed by atoms with Crippen molar-refractivity contribution < 1.29 is 18.5 Å².